The molecule has 0 spiro atoms. The van der Waals surface area contributed by atoms with Gasteiger partial charge in [0.1, 0.15) is 5.82 Å². The van der Waals surface area contributed by atoms with Crippen LogP contribution in [0.2, 0.25) is 0 Å². The van der Waals surface area contributed by atoms with E-state index in [1.54, 1.807) is 18.2 Å². The summed E-state index contributed by atoms with van der Waals surface area (Å²) in [5.41, 5.74) is 7.47. The zero-order valence-corrected chi connectivity index (χ0v) is 11.8. The van der Waals surface area contributed by atoms with Crippen molar-refractivity contribution in [1.82, 2.24) is 5.32 Å². The van der Waals surface area contributed by atoms with Gasteiger partial charge in [-0.3, -0.25) is 4.79 Å². The van der Waals surface area contributed by atoms with E-state index in [0.717, 1.165) is 12.0 Å². The molecule has 1 amide bonds. The first-order valence-electron chi connectivity index (χ1n) is 6.97. The number of rotatable bonds is 6. The summed E-state index contributed by atoms with van der Waals surface area (Å²) >= 11 is 0. The molecule has 0 aliphatic heterocycles. The van der Waals surface area contributed by atoms with Gasteiger partial charge in [0.2, 0.25) is 5.91 Å². The lowest BCUT2D eigenvalue weighted by Gasteiger charge is -2.12. The molecule has 0 bridgehead atoms. The molecular weight excluding hydrogens is 267 g/mol. The Kier molecular flexibility index (Phi) is 5.46. The molecular formula is C17H19FN2O. The maximum absolute atomic E-state index is 13.4. The zero-order valence-electron chi connectivity index (χ0n) is 11.8. The molecule has 0 radical (unpaired) electrons. The van der Waals surface area contributed by atoms with E-state index in [1.165, 1.54) is 6.07 Å². The topological polar surface area (TPSA) is 55.1 Å². The average molecular weight is 286 g/mol. The van der Waals surface area contributed by atoms with E-state index in [2.05, 4.69) is 5.32 Å². The van der Waals surface area contributed by atoms with Crippen LogP contribution in [0, 0.1) is 5.82 Å². The van der Waals surface area contributed by atoms with Gasteiger partial charge in [0.05, 0.1) is 6.04 Å². The van der Waals surface area contributed by atoms with Gasteiger partial charge < -0.3 is 11.1 Å². The summed E-state index contributed by atoms with van der Waals surface area (Å²) in [6.07, 6.45) is 1.31. The summed E-state index contributed by atoms with van der Waals surface area (Å²) in [6, 6.07) is 15.7. The molecule has 0 aliphatic carbocycles. The van der Waals surface area contributed by atoms with E-state index in [9.17, 15) is 9.18 Å². The van der Waals surface area contributed by atoms with Crippen LogP contribution >= 0.6 is 0 Å². The summed E-state index contributed by atoms with van der Waals surface area (Å²) in [5, 5.41) is 2.67. The van der Waals surface area contributed by atoms with E-state index >= 15 is 0 Å². The fourth-order valence-corrected chi connectivity index (χ4v) is 2.05. The standard InChI is InChI=1S/C17H19FN2O/c18-15-9-5-4-8-14(15)12-20-17(21)16(19)11-10-13-6-2-1-3-7-13/h1-9,16H,10-12,19H2,(H,20,21). The molecule has 3 nitrogen and oxygen atoms in total. The summed E-state index contributed by atoms with van der Waals surface area (Å²) in [7, 11) is 0. The fraction of sp³-hybridized carbons (Fsp3) is 0.235. The second-order valence-electron chi connectivity index (χ2n) is 4.94. The van der Waals surface area contributed by atoms with Crippen LogP contribution in [0.4, 0.5) is 4.39 Å². The van der Waals surface area contributed by atoms with Gasteiger partial charge in [-0.25, -0.2) is 4.39 Å². The van der Waals surface area contributed by atoms with Crippen molar-refractivity contribution < 1.29 is 9.18 Å². The predicted molar refractivity (Wildman–Crippen MR) is 81.0 cm³/mol. The number of nitrogens with two attached hydrogens (primary N) is 1. The Morgan fingerprint density at radius 1 is 1.10 bits per heavy atom. The average Bonchev–Trinajstić information content (AvgIpc) is 2.52. The summed E-state index contributed by atoms with van der Waals surface area (Å²) in [5.74, 6) is -0.579. The number of nitrogens with one attached hydrogen (secondary N) is 1. The number of hydrogen-bond donors (Lipinski definition) is 2. The highest BCUT2D eigenvalue weighted by atomic mass is 19.1. The lowest BCUT2D eigenvalue weighted by atomic mass is 10.1. The maximum Gasteiger partial charge on any atom is 0.237 e. The Hall–Kier alpha value is -2.20. The minimum absolute atomic E-state index is 0.157. The summed E-state index contributed by atoms with van der Waals surface area (Å²) in [6.45, 7) is 0.157. The molecule has 2 aromatic rings. The SMILES string of the molecule is NC(CCc1ccccc1)C(=O)NCc1ccccc1F. The zero-order chi connectivity index (χ0) is 15.1. The Bertz CT molecular complexity index is 586. The van der Waals surface area contributed by atoms with Crippen molar-refractivity contribution in [2.24, 2.45) is 5.73 Å². The number of carbonyl (C=O) groups excluding carboxylic acids is 1. The molecule has 0 fully saturated rings. The number of halogens is 1. The second kappa shape index (κ2) is 7.55. The van der Waals surface area contributed by atoms with Gasteiger partial charge in [0.15, 0.2) is 0 Å². The molecule has 1 unspecified atom stereocenters. The molecule has 0 saturated heterocycles. The fourth-order valence-electron chi connectivity index (χ4n) is 2.05. The van der Waals surface area contributed by atoms with Crippen molar-refractivity contribution in [1.29, 1.82) is 0 Å². The molecule has 3 N–H and O–H groups in total. The van der Waals surface area contributed by atoms with Crippen molar-refractivity contribution in [3.05, 3.63) is 71.5 Å². The Balaban J connectivity index is 1.79. The molecule has 0 heterocycles. The van der Waals surface area contributed by atoms with Crippen molar-refractivity contribution in [2.75, 3.05) is 0 Å². The van der Waals surface area contributed by atoms with Crippen LogP contribution in [0.3, 0.4) is 0 Å². The van der Waals surface area contributed by atoms with E-state index in [-0.39, 0.29) is 18.3 Å². The van der Waals surface area contributed by atoms with Crippen molar-refractivity contribution in [2.45, 2.75) is 25.4 Å². The monoisotopic (exact) mass is 286 g/mol. The number of hydrogen-bond acceptors (Lipinski definition) is 2. The highest BCUT2D eigenvalue weighted by molar-refractivity contribution is 5.81. The van der Waals surface area contributed by atoms with Crippen molar-refractivity contribution in [3.63, 3.8) is 0 Å². The van der Waals surface area contributed by atoms with Gasteiger partial charge in [-0.05, 0) is 24.5 Å². The molecule has 0 aliphatic rings. The minimum atomic E-state index is -0.586. The smallest absolute Gasteiger partial charge is 0.237 e. The molecule has 110 valence electrons. The first-order valence-corrected chi connectivity index (χ1v) is 6.97. The number of amides is 1. The number of carbonyl (C=O) groups is 1. The van der Waals surface area contributed by atoms with E-state index < -0.39 is 6.04 Å². The van der Waals surface area contributed by atoms with Gasteiger partial charge in [-0.2, -0.15) is 0 Å². The molecule has 2 aromatic carbocycles. The molecule has 1 atom stereocenters. The summed E-state index contributed by atoms with van der Waals surface area (Å²) < 4.78 is 13.4. The Morgan fingerprint density at radius 3 is 2.48 bits per heavy atom. The Labute approximate surface area is 124 Å². The quantitative estimate of drug-likeness (QED) is 0.856. The largest absolute Gasteiger partial charge is 0.351 e. The van der Waals surface area contributed by atoms with Crippen molar-refractivity contribution in [3.8, 4) is 0 Å². The van der Waals surface area contributed by atoms with E-state index in [0.29, 0.717) is 12.0 Å². The first-order chi connectivity index (χ1) is 10.2. The third kappa shape index (κ3) is 4.68. The van der Waals surface area contributed by atoms with Crippen LogP contribution in [0.15, 0.2) is 54.6 Å². The van der Waals surface area contributed by atoms with E-state index in [4.69, 9.17) is 5.73 Å². The van der Waals surface area contributed by atoms with E-state index in [1.807, 2.05) is 30.3 Å². The molecule has 2 rings (SSSR count). The third-order valence-corrected chi connectivity index (χ3v) is 3.33. The minimum Gasteiger partial charge on any atom is -0.351 e. The van der Waals surface area contributed by atoms with Crippen LogP contribution in [0.1, 0.15) is 17.5 Å². The van der Waals surface area contributed by atoms with Gasteiger partial charge in [0, 0.05) is 12.1 Å². The van der Waals surface area contributed by atoms with Gasteiger partial charge >= 0.3 is 0 Å². The van der Waals surface area contributed by atoms with Gasteiger partial charge in [0.25, 0.3) is 0 Å². The number of benzene rings is 2. The van der Waals surface area contributed by atoms with Crippen LogP contribution < -0.4 is 11.1 Å². The maximum atomic E-state index is 13.4. The van der Waals surface area contributed by atoms with Crippen LogP contribution in [-0.2, 0) is 17.8 Å². The normalized spacial score (nSPS) is 11.9. The molecule has 0 saturated carbocycles. The van der Waals surface area contributed by atoms with Crippen LogP contribution in [0.5, 0.6) is 0 Å². The molecule has 21 heavy (non-hydrogen) atoms. The summed E-state index contributed by atoms with van der Waals surface area (Å²) in [4.78, 5) is 11.9. The highest BCUT2D eigenvalue weighted by Gasteiger charge is 2.13. The van der Waals surface area contributed by atoms with Crippen LogP contribution in [-0.4, -0.2) is 11.9 Å². The highest BCUT2D eigenvalue weighted by Crippen LogP contribution is 2.07. The lowest BCUT2D eigenvalue weighted by Crippen LogP contribution is -2.40. The van der Waals surface area contributed by atoms with Crippen LogP contribution in [0.25, 0.3) is 0 Å². The predicted octanol–water partition coefficient (Wildman–Crippen LogP) is 2.40. The molecule has 4 heteroatoms. The third-order valence-electron chi connectivity index (χ3n) is 3.33. The Morgan fingerprint density at radius 2 is 1.76 bits per heavy atom. The molecule has 0 aromatic heterocycles. The van der Waals surface area contributed by atoms with Gasteiger partial charge in [-0.1, -0.05) is 48.5 Å². The van der Waals surface area contributed by atoms with Gasteiger partial charge in [-0.15, -0.1) is 0 Å². The van der Waals surface area contributed by atoms with Crippen molar-refractivity contribution >= 4 is 5.91 Å². The lowest BCUT2D eigenvalue weighted by molar-refractivity contribution is -0.122. The first kappa shape index (κ1) is 15.2. The second-order valence-corrected chi connectivity index (χ2v) is 4.94. The number of aryl methyl sites for hydroxylation is 1.